The molecular weight excluding hydrogens is 294 g/mol. The van der Waals surface area contributed by atoms with Gasteiger partial charge in [0.2, 0.25) is 0 Å². The van der Waals surface area contributed by atoms with Crippen LogP contribution >= 0.6 is 11.3 Å². The van der Waals surface area contributed by atoms with Gasteiger partial charge in [-0.15, -0.1) is 11.3 Å². The summed E-state index contributed by atoms with van der Waals surface area (Å²) >= 11 is 1.67. The minimum absolute atomic E-state index is 0.314. The molecule has 0 spiro atoms. The third-order valence-corrected chi connectivity index (χ3v) is 5.25. The van der Waals surface area contributed by atoms with E-state index < -0.39 is 5.97 Å². The maximum atomic E-state index is 11.6. The third kappa shape index (κ3) is 2.40. The van der Waals surface area contributed by atoms with Crippen LogP contribution in [0.5, 0.6) is 0 Å². The first-order valence-corrected chi connectivity index (χ1v) is 8.06. The monoisotopic (exact) mass is 311 g/mol. The van der Waals surface area contributed by atoms with Gasteiger partial charge in [-0.05, 0) is 49.6 Å². The van der Waals surface area contributed by atoms with Crippen molar-refractivity contribution in [1.82, 2.24) is 4.98 Å². The molecule has 0 bridgehead atoms. The molecule has 0 unspecified atom stereocenters. The first kappa shape index (κ1) is 14.7. The summed E-state index contributed by atoms with van der Waals surface area (Å²) < 4.78 is 0. The predicted octanol–water partition coefficient (Wildman–Crippen LogP) is 4.84. The fourth-order valence-corrected chi connectivity index (χ4v) is 3.45. The number of carbonyl (C=O) groups is 1. The van der Waals surface area contributed by atoms with E-state index in [0.29, 0.717) is 10.9 Å². The van der Waals surface area contributed by atoms with Crippen LogP contribution in [0.15, 0.2) is 30.3 Å². The van der Waals surface area contributed by atoms with Crippen LogP contribution < -0.4 is 0 Å². The van der Waals surface area contributed by atoms with Gasteiger partial charge in [0.05, 0.1) is 21.7 Å². The molecule has 0 amide bonds. The van der Waals surface area contributed by atoms with Crippen molar-refractivity contribution in [3.8, 4) is 10.6 Å². The first-order chi connectivity index (χ1) is 10.5. The lowest BCUT2D eigenvalue weighted by Crippen LogP contribution is -2.01. The fourth-order valence-electron chi connectivity index (χ4n) is 2.54. The van der Waals surface area contributed by atoms with Gasteiger partial charge in [0.25, 0.3) is 0 Å². The molecule has 2 aromatic heterocycles. The maximum absolute atomic E-state index is 11.6. The second kappa shape index (κ2) is 5.54. The number of nitrogens with zero attached hydrogens (tertiary/aromatic N) is 1. The van der Waals surface area contributed by atoms with Crippen molar-refractivity contribution in [2.75, 3.05) is 0 Å². The van der Waals surface area contributed by atoms with Crippen LogP contribution in [0.3, 0.4) is 0 Å². The van der Waals surface area contributed by atoms with Crippen molar-refractivity contribution in [2.45, 2.75) is 27.2 Å². The second-order valence-electron chi connectivity index (χ2n) is 5.38. The Morgan fingerprint density at radius 2 is 2.00 bits per heavy atom. The van der Waals surface area contributed by atoms with Gasteiger partial charge < -0.3 is 5.11 Å². The standard InChI is InChI=1S/C18H17NO2S/c1-4-12-6-8-16(22-12)15-9-14(18(20)21)13-7-5-10(2)11(3)17(13)19-15/h5-9H,4H2,1-3H3,(H,20,21). The van der Waals surface area contributed by atoms with Crippen LogP contribution in [0.25, 0.3) is 21.5 Å². The Bertz CT molecular complexity index is 880. The van der Waals surface area contributed by atoms with Crippen LogP contribution in [0.1, 0.15) is 33.3 Å². The Morgan fingerprint density at radius 3 is 2.64 bits per heavy atom. The lowest BCUT2D eigenvalue weighted by atomic mass is 10.0. The number of aromatic carboxylic acids is 1. The highest BCUT2D eigenvalue weighted by Crippen LogP contribution is 2.32. The highest BCUT2D eigenvalue weighted by molar-refractivity contribution is 7.15. The van der Waals surface area contributed by atoms with E-state index in [0.717, 1.165) is 33.6 Å². The van der Waals surface area contributed by atoms with Crippen molar-refractivity contribution < 1.29 is 9.90 Å². The van der Waals surface area contributed by atoms with E-state index >= 15 is 0 Å². The molecule has 0 fully saturated rings. The highest BCUT2D eigenvalue weighted by Gasteiger charge is 2.15. The second-order valence-corrected chi connectivity index (χ2v) is 6.55. The summed E-state index contributed by atoms with van der Waals surface area (Å²) in [5.74, 6) is -0.913. The quantitative estimate of drug-likeness (QED) is 0.753. The van der Waals surface area contributed by atoms with Gasteiger partial charge >= 0.3 is 5.97 Å². The molecule has 4 heteroatoms. The fraction of sp³-hybridized carbons (Fsp3) is 0.222. The van der Waals surface area contributed by atoms with E-state index in [4.69, 9.17) is 4.98 Å². The van der Waals surface area contributed by atoms with E-state index in [1.165, 1.54) is 4.88 Å². The van der Waals surface area contributed by atoms with Crippen molar-refractivity contribution in [3.05, 3.63) is 51.9 Å². The minimum Gasteiger partial charge on any atom is -0.478 e. The van der Waals surface area contributed by atoms with Crippen molar-refractivity contribution in [2.24, 2.45) is 0 Å². The number of rotatable bonds is 3. The molecule has 0 saturated carbocycles. The largest absolute Gasteiger partial charge is 0.478 e. The number of hydrogen-bond acceptors (Lipinski definition) is 3. The smallest absolute Gasteiger partial charge is 0.336 e. The molecule has 22 heavy (non-hydrogen) atoms. The summed E-state index contributed by atoms with van der Waals surface area (Å²) in [5.41, 5.74) is 3.99. The topological polar surface area (TPSA) is 50.2 Å². The number of fused-ring (bicyclic) bond motifs is 1. The first-order valence-electron chi connectivity index (χ1n) is 7.24. The van der Waals surface area contributed by atoms with Gasteiger partial charge in [-0.25, -0.2) is 9.78 Å². The molecule has 3 rings (SSSR count). The average molecular weight is 311 g/mol. The van der Waals surface area contributed by atoms with Crippen LogP contribution in [0.4, 0.5) is 0 Å². The van der Waals surface area contributed by atoms with Gasteiger partial charge in [-0.3, -0.25) is 0 Å². The molecule has 112 valence electrons. The summed E-state index contributed by atoms with van der Waals surface area (Å²) in [6.07, 6.45) is 0.974. The van der Waals surface area contributed by atoms with Crippen LogP contribution in [0, 0.1) is 13.8 Å². The molecule has 0 aliphatic heterocycles. The van der Waals surface area contributed by atoms with Crippen molar-refractivity contribution >= 4 is 28.2 Å². The number of benzene rings is 1. The Kier molecular flexibility index (Phi) is 3.71. The third-order valence-electron chi connectivity index (χ3n) is 4.00. The average Bonchev–Trinajstić information content (AvgIpc) is 2.99. The Morgan fingerprint density at radius 1 is 1.23 bits per heavy atom. The summed E-state index contributed by atoms with van der Waals surface area (Å²) in [4.78, 5) is 18.7. The minimum atomic E-state index is -0.913. The number of thiophene rings is 1. The number of aryl methyl sites for hydroxylation is 3. The molecule has 0 aliphatic rings. The van der Waals surface area contributed by atoms with Crippen LogP contribution in [0.2, 0.25) is 0 Å². The molecule has 0 radical (unpaired) electrons. The normalized spacial score (nSPS) is 11.0. The molecule has 2 heterocycles. The Labute approximate surface area is 133 Å². The zero-order chi connectivity index (χ0) is 15.9. The number of carboxylic acids is 1. The molecule has 3 nitrogen and oxygen atoms in total. The molecular formula is C18H17NO2S. The molecule has 0 saturated heterocycles. The van der Waals surface area contributed by atoms with Gasteiger partial charge in [0.1, 0.15) is 0 Å². The van der Waals surface area contributed by atoms with Crippen molar-refractivity contribution in [1.29, 1.82) is 0 Å². The maximum Gasteiger partial charge on any atom is 0.336 e. The van der Waals surface area contributed by atoms with E-state index in [-0.39, 0.29) is 0 Å². The highest BCUT2D eigenvalue weighted by atomic mass is 32.1. The Balaban J connectivity index is 2.32. The van der Waals surface area contributed by atoms with E-state index in [1.54, 1.807) is 17.4 Å². The summed E-state index contributed by atoms with van der Waals surface area (Å²) in [6.45, 7) is 6.12. The molecule has 0 aliphatic carbocycles. The summed E-state index contributed by atoms with van der Waals surface area (Å²) in [7, 11) is 0. The number of pyridine rings is 1. The van der Waals surface area contributed by atoms with Gasteiger partial charge in [-0.2, -0.15) is 0 Å². The van der Waals surface area contributed by atoms with Crippen LogP contribution in [-0.4, -0.2) is 16.1 Å². The van der Waals surface area contributed by atoms with Crippen molar-refractivity contribution in [3.63, 3.8) is 0 Å². The van der Waals surface area contributed by atoms with Gasteiger partial charge in [0, 0.05) is 10.3 Å². The lowest BCUT2D eigenvalue weighted by molar-refractivity contribution is 0.0699. The zero-order valence-corrected chi connectivity index (χ0v) is 13.6. The van der Waals surface area contributed by atoms with E-state index in [2.05, 4.69) is 13.0 Å². The summed E-state index contributed by atoms with van der Waals surface area (Å²) in [5, 5.41) is 10.2. The molecule has 3 aromatic rings. The number of aromatic nitrogens is 1. The lowest BCUT2D eigenvalue weighted by Gasteiger charge is -2.10. The zero-order valence-electron chi connectivity index (χ0n) is 12.8. The number of carboxylic acid groups (broad SMARTS) is 1. The molecule has 0 atom stereocenters. The predicted molar refractivity (Wildman–Crippen MR) is 90.9 cm³/mol. The van der Waals surface area contributed by atoms with Gasteiger partial charge in [0.15, 0.2) is 0 Å². The van der Waals surface area contributed by atoms with E-state index in [1.807, 2.05) is 32.0 Å². The van der Waals surface area contributed by atoms with Crippen LogP contribution in [-0.2, 0) is 6.42 Å². The van der Waals surface area contributed by atoms with E-state index in [9.17, 15) is 9.90 Å². The molecule has 1 N–H and O–H groups in total. The summed E-state index contributed by atoms with van der Waals surface area (Å²) in [6, 6.07) is 9.59. The van der Waals surface area contributed by atoms with Gasteiger partial charge in [-0.1, -0.05) is 19.1 Å². The Hall–Kier alpha value is -2.20. The molecule has 1 aromatic carbocycles. The SMILES string of the molecule is CCc1ccc(-c2cc(C(=O)O)c3ccc(C)c(C)c3n2)s1. The number of hydrogen-bond donors (Lipinski definition) is 1.